The number of likely N-dealkylation sites (tertiary alicyclic amines) is 1. The van der Waals surface area contributed by atoms with Crippen molar-refractivity contribution in [3.05, 3.63) is 26.7 Å². The molecule has 0 amide bonds. The summed E-state index contributed by atoms with van der Waals surface area (Å²) >= 11 is 0. The molecule has 0 unspecified atom stereocenters. The van der Waals surface area contributed by atoms with Crippen LogP contribution in [0.4, 0.5) is 0 Å². The van der Waals surface area contributed by atoms with Gasteiger partial charge in [0.05, 0.1) is 6.54 Å². The second-order valence-electron chi connectivity index (χ2n) is 7.16. The highest BCUT2D eigenvalue weighted by Gasteiger charge is 2.25. The third-order valence-corrected chi connectivity index (χ3v) is 5.53. The Hall–Kier alpha value is -1.93. The smallest absolute Gasteiger partial charge is 0.332 e. The summed E-state index contributed by atoms with van der Waals surface area (Å²) in [4.78, 5) is 32.1. The molecular weight excluding hydrogens is 334 g/mol. The van der Waals surface area contributed by atoms with Crippen LogP contribution in [0.5, 0.6) is 0 Å². The quantitative estimate of drug-likeness (QED) is 0.811. The molecule has 2 aromatic rings. The molecule has 8 heteroatoms. The fourth-order valence-electron chi connectivity index (χ4n) is 3.99. The number of piperidine rings is 1. The number of hydrogen-bond acceptors (Lipinski definition) is 5. The lowest BCUT2D eigenvalue weighted by molar-refractivity contribution is 0.131. The summed E-state index contributed by atoms with van der Waals surface area (Å²) in [5.41, 5.74) is 0.176. The Morgan fingerprint density at radius 2 is 1.96 bits per heavy atom. The van der Waals surface area contributed by atoms with Gasteiger partial charge in [-0.25, -0.2) is 9.78 Å². The fourth-order valence-corrected chi connectivity index (χ4v) is 3.99. The molecule has 144 valence electrons. The van der Waals surface area contributed by atoms with Crippen LogP contribution in [0, 0.1) is 0 Å². The Bertz CT molecular complexity index is 895. The second-order valence-corrected chi connectivity index (χ2v) is 7.16. The number of rotatable bonds is 6. The van der Waals surface area contributed by atoms with Gasteiger partial charge in [-0.2, -0.15) is 0 Å². The summed E-state index contributed by atoms with van der Waals surface area (Å²) in [5, 5.41) is 9.27. The third-order valence-electron chi connectivity index (χ3n) is 5.53. The van der Waals surface area contributed by atoms with E-state index in [4.69, 9.17) is 0 Å². The standard InChI is InChI=1S/C18H29N5O3/c1-4-13-8-5-6-9-22(13)12-14-19-16-15(23(14)10-7-11-24)17(25)21(3)18(26)20(16)2/h13,24H,4-12H2,1-3H3/t13-/m1/s1. The number of aliphatic hydroxyl groups excluding tert-OH is 1. The van der Waals surface area contributed by atoms with Crippen LogP contribution in [0.15, 0.2) is 9.59 Å². The van der Waals surface area contributed by atoms with Gasteiger partial charge in [-0.15, -0.1) is 0 Å². The van der Waals surface area contributed by atoms with Gasteiger partial charge in [0.15, 0.2) is 11.2 Å². The van der Waals surface area contributed by atoms with Gasteiger partial charge in [0, 0.05) is 33.3 Å². The zero-order valence-electron chi connectivity index (χ0n) is 15.9. The minimum Gasteiger partial charge on any atom is -0.396 e. The number of hydrogen-bond donors (Lipinski definition) is 1. The zero-order chi connectivity index (χ0) is 18.8. The maximum absolute atomic E-state index is 12.7. The number of imidazole rings is 1. The third kappa shape index (κ3) is 3.23. The highest BCUT2D eigenvalue weighted by molar-refractivity contribution is 5.71. The molecule has 26 heavy (non-hydrogen) atoms. The summed E-state index contributed by atoms with van der Waals surface area (Å²) < 4.78 is 4.46. The molecule has 3 rings (SSSR count). The molecule has 8 nitrogen and oxygen atoms in total. The first-order valence-electron chi connectivity index (χ1n) is 9.49. The van der Waals surface area contributed by atoms with E-state index in [0.29, 0.717) is 36.7 Å². The molecule has 1 fully saturated rings. The first-order valence-corrected chi connectivity index (χ1v) is 9.49. The summed E-state index contributed by atoms with van der Waals surface area (Å²) in [6, 6.07) is 0.529. The van der Waals surface area contributed by atoms with Crippen LogP contribution in [0.3, 0.4) is 0 Å². The molecule has 1 atom stereocenters. The molecule has 0 spiro atoms. The van der Waals surface area contributed by atoms with Gasteiger partial charge in [0.2, 0.25) is 0 Å². The molecular formula is C18H29N5O3. The lowest BCUT2D eigenvalue weighted by atomic mass is 10.0. The largest absolute Gasteiger partial charge is 0.396 e. The molecule has 1 aliphatic rings. The normalized spacial score (nSPS) is 18.7. The molecule has 1 saturated heterocycles. The Balaban J connectivity index is 2.12. The topological polar surface area (TPSA) is 85.3 Å². The van der Waals surface area contributed by atoms with Crippen LogP contribution in [0.25, 0.3) is 11.2 Å². The Labute approximate surface area is 152 Å². The maximum atomic E-state index is 12.7. The van der Waals surface area contributed by atoms with E-state index >= 15 is 0 Å². The predicted molar refractivity (Wildman–Crippen MR) is 100 cm³/mol. The van der Waals surface area contributed by atoms with Gasteiger partial charge in [-0.1, -0.05) is 13.3 Å². The van der Waals surface area contributed by atoms with Gasteiger partial charge < -0.3 is 9.67 Å². The van der Waals surface area contributed by atoms with Crippen molar-refractivity contribution in [2.45, 2.75) is 58.2 Å². The van der Waals surface area contributed by atoms with Crippen molar-refractivity contribution in [3.8, 4) is 0 Å². The summed E-state index contributed by atoms with van der Waals surface area (Å²) in [6.07, 6.45) is 5.25. The van der Waals surface area contributed by atoms with Gasteiger partial charge in [-0.3, -0.25) is 18.8 Å². The van der Waals surface area contributed by atoms with Gasteiger partial charge in [0.25, 0.3) is 5.56 Å². The molecule has 0 aliphatic carbocycles. The highest BCUT2D eigenvalue weighted by atomic mass is 16.3. The van der Waals surface area contributed by atoms with Crippen LogP contribution >= 0.6 is 0 Å². The van der Waals surface area contributed by atoms with Crippen molar-refractivity contribution in [1.29, 1.82) is 0 Å². The average Bonchev–Trinajstić information content (AvgIpc) is 3.01. The lowest BCUT2D eigenvalue weighted by Crippen LogP contribution is -2.39. The Kier molecular flexibility index (Phi) is 5.62. The molecule has 3 heterocycles. The Morgan fingerprint density at radius 1 is 1.19 bits per heavy atom. The number of aromatic nitrogens is 4. The van der Waals surface area contributed by atoms with Gasteiger partial charge in [0.1, 0.15) is 5.82 Å². The van der Waals surface area contributed by atoms with Crippen LogP contribution < -0.4 is 11.2 Å². The highest BCUT2D eigenvalue weighted by Crippen LogP contribution is 2.22. The van der Waals surface area contributed by atoms with E-state index < -0.39 is 0 Å². The van der Waals surface area contributed by atoms with Gasteiger partial charge in [-0.05, 0) is 32.2 Å². The molecule has 1 N–H and O–H groups in total. The van der Waals surface area contributed by atoms with E-state index in [1.54, 1.807) is 7.05 Å². The average molecular weight is 363 g/mol. The summed E-state index contributed by atoms with van der Waals surface area (Å²) in [7, 11) is 3.14. The van der Waals surface area contributed by atoms with E-state index in [2.05, 4.69) is 16.8 Å². The minimum absolute atomic E-state index is 0.0481. The van der Waals surface area contributed by atoms with Crippen molar-refractivity contribution in [3.63, 3.8) is 0 Å². The van der Waals surface area contributed by atoms with Crippen molar-refractivity contribution >= 4 is 11.2 Å². The molecule has 0 bridgehead atoms. The maximum Gasteiger partial charge on any atom is 0.332 e. The van der Waals surface area contributed by atoms with Crippen LogP contribution in [-0.4, -0.2) is 47.9 Å². The predicted octanol–water partition coefficient (Wildman–Crippen LogP) is 0.581. The number of aryl methyl sites for hydroxylation is 2. The van der Waals surface area contributed by atoms with E-state index in [1.807, 2.05) is 4.57 Å². The lowest BCUT2D eigenvalue weighted by Gasteiger charge is -2.34. The number of nitrogens with zero attached hydrogens (tertiary/aromatic N) is 5. The van der Waals surface area contributed by atoms with Crippen molar-refractivity contribution in [2.24, 2.45) is 14.1 Å². The van der Waals surface area contributed by atoms with Crippen LogP contribution in [0.2, 0.25) is 0 Å². The minimum atomic E-state index is -0.370. The SMILES string of the molecule is CC[C@@H]1CCCCN1Cc1nc2c(c(=O)n(C)c(=O)n2C)n1CCCO. The zero-order valence-corrected chi connectivity index (χ0v) is 15.9. The van der Waals surface area contributed by atoms with Crippen molar-refractivity contribution < 1.29 is 5.11 Å². The first kappa shape index (κ1) is 18.8. The summed E-state index contributed by atoms with van der Waals surface area (Å²) in [5.74, 6) is 0.798. The fraction of sp³-hybridized carbons (Fsp3) is 0.722. The molecule has 1 aliphatic heterocycles. The van der Waals surface area contributed by atoms with Crippen LogP contribution in [-0.2, 0) is 27.2 Å². The number of fused-ring (bicyclic) bond motifs is 1. The number of aliphatic hydroxyl groups is 1. The van der Waals surface area contributed by atoms with E-state index in [1.165, 1.54) is 30.9 Å². The monoisotopic (exact) mass is 363 g/mol. The van der Waals surface area contributed by atoms with Crippen molar-refractivity contribution in [2.75, 3.05) is 13.2 Å². The molecule has 0 aromatic carbocycles. The van der Waals surface area contributed by atoms with E-state index in [-0.39, 0.29) is 17.9 Å². The van der Waals surface area contributed by atoms with Crippen molar-refractivity contribution in [1.82, 2.24) is 23.6 Å². The first-order chi connectivity index (χ1) is 12.5. The van der Waals surface area contributed by atoms with Crippen LogP contribution in [0.1, 0.15) is 44.9 Å². The van der Waals surface area contributed by atoms with Gasteiger partial charge >= 0.3 is 5.69 Å². The second kappa shape index (κ2) is 7.75. The summed E-state index contributed by atoms with van der Waals surface area (Å²) in [6.45, 7) is 4.46. The molecule has 0 saturated carbocycles. The van der Waals surface area contributed by atoms with E-state index in [0.717, 1.165) is 23.4 Å². The molecule has 0 radical (unpaired) electrons. The Morgan fingerprint density at radius 3 is 2.65 bits per heavy atom. The van der Waals surface area contributed by atoms with E-state index in [9.17, 15) is 14.7 Å². The molecule has 2 aromatic heterocycles.